The van der Waals surface area contributed by atoms with Crippen molar-refractivity contribution in [3.05, 3.63) is 48.7 Å². The molecule has 0 spiro atoms. The zero-order valence-electron chi connectivity index (χ0n) is 15.8. The van der Waals surface area contributed by atoms with Crippen LogP contribution in [0.15, 0.2) is 48.7 Å². The van der Waals surface area contributed by atoms with Crippen LogP contribution in [-0.4, -0.2) is 25.0 Å². The summed E-state index contributed by atoms with van der Waals surface area (Å²) in [7, 11) is 4.01. The van der Waals surface area contributed by atoms with Crippen molar-refractivity contribution in [2.75, 3.05) is 30.0 Å². The Morgan fingerprint density at radius 1 is 1.29 bits per heavy atom. The van der Waals surface area contributed by atoms with Gasteiger partial charge in [0, 0.05) is 42.6 Å². The van der Waals surface area contributed by atoms with Crippen molar-refractivity contribution in [1.29, 1.82) is 5.26 Å². The lowest BCUT2D eigenvalue weighted by Gasteiger charge is -2.18. The van der Waals surface area contributed by atoms with Crippen molar-refractivity contribution >= 4 is 33.9 Å². The van der Waals surface area contributed by atoms with Crippen LogP contribution in [0.3, 0.4) is 0 Å². The van der Waals surface area contributed by atoms with Gasteiger partial charge in [0.2, 0.25) is 5.91 Å². The van der Waals surface area contributed by atoms with Crippen LogP contribution >= 0.6 is 0 Å². The van der Waals surface area contributed by atoms with Gasteiger partial charge in [0.15, 0.2) is 0 Å². The SMILES string of the molecule is CN(C)c1ccccc1-c1cc(N)c2cnc(NC(=O)C3CC3C#N)cc2c1. The molecule has 3 aromatic rings. The maximum Gasteiger partial charge on any atom is 0.230 e. The predicted octanol–water partition coefficient (Wildman–Crippen LogP) is 3.65. The fraction of sp³-hybridized carbons (Fsp3) is 0.227. The smallest absolute Gasteiger partial charge is 0.230 e. The van der Waals surface area contributed by atoms with Gasteiger partial charge in [-0.25, -0.2) is 4.98 Å². The van der Waals surface area contributed by atoms with E-state index < -0.39 is 0 Å². The van der Waals surface area contributed by atoms with Crippen molar-refractivity contribution in [1.82, 2.24) is 4.98 Å². The van der Waals surface area contributed by atoms with Gasteiger partial charge in [0.05, 0.1) is 17.9 Å². The Kier molecular flexibility index (Phi) is 4.36. The molecule has 1 fully saturated rings. The second-order valence-electron chi connectivity index (χ2n) is 7.33. The number of nitriles is 1. The van der Waals surface area contributed by atoms with Crippen LogP contribution in [0, 0.1) is 23.2 Å². The van der Waals surface area contributed by atoms with Crippen LogP contribution in [0.4, 0.5) is 17.2 Å². The normalized spacial score (nSPS) is 17.8. The number of anilines is 3. The lowest BCUT2D eigenvalue weighted by atomic mass is 9.99. The summed E-state index contributed by atoms with van der Waals surface area (Å²) < 4.78 is 0. The molecule has 0 radical (unpaired) electrons. The number of nitrogens with zero attached hydrogens (tertiary/aromatic N) is 3. The number of hydrogen-bond donors (Lipinski definition) is 2. The third-order valence-corrected chi connectivity index (χ3v) is 5.11. The summed E-state index contributed by atoms with van der Waals surface area (Å²) in [6, 6.07) is 16.1. The molecule has 3 N–H and O–H groups in total. The molecule has 140 valence electrons. The van der Waals surface area contributed by atoms with E-state index >= 15 is 0 Å². The number of benzene rings is 2. The molecule has 1 aromatic heterocycles. The first-order valence-corrected chi connectivity index (χ1v) is 9.14. The molecule has 1 saturated carbocycles. The summed E-state index contributed by atoms with van der Waals surface area (Å²) >= 11 is 0. The molecule has 0 bridgehead atoms. The molecule has 1 amide bonds. The third-order valence-electron chi connectivity index (χ3n) is 5.11. The molecular weight excluding hydrogens is 350 g/mol. The molecule has 0 saturated heterocycles. The lowest BCUT2D eigenvalue weighted by Crippen LogP contribution is -2.15. The molecule has 6 nitrogen and oxygen atoms in total. The van der Waals surface area contributed by atoms with Crippen LogP contribution in [0.25, 0.3) is 21.9 Å². The fourth-order valence-corrected chi connectivity index (χ4v) is 3.46. The highest BCUT2D eigenvalue weighted by Gasteiger charge is 2.43. The molecule has 4 rings (SSSR count). The third kappa shape index (κ3) is 3.23. The first-order valence-electron chi connectivity index (χ1n) is 9.14. The molecule has 28 heavy (non-hydrogen) atoms. The number of nitrogens with two attached hydrogens (primary N) is 1. The molecule has 1 aliphatic rings. The number of hydrogen-bond acceptors (Lipinski definition) is 5. The number of aromatic nitrogens is 1. The molecule has 2 atom stereocenters. The van der Waals surface area contributed by atoms with Gasteiger partial charge in [-0.05, 0) is 41.6 Å². The molecule has 1 heterocycles. The number of fused-ring (bicyclic) bond motifs is 1. The first-order chi connectivity index (χ1) is 13.5. The van der Waals surface area contributed by atoms with Crippen molar-refractivity contribution < 1.29 is 4.79 Å². The largest absolute Gasteiger partial charge is 0.398 e. The van der Waals surface area contributed by atoms with Gasteiger partial charge in [-0.2, -0.15) is 5.26 Å². The monoisotopic (exact) mass is 371 g/mol. The zero-order valence-corrected chi connectivity index (χ0v) is 15.8. The Bertz CT molecular complexity index is 1120. The summed E-state index contributed by atoms with van der Waals surface area (Å²) in [6.07, 6.45) is 2.30. The maximum atomic E-state index is 12.2. The van der Waals surface area contributed by atoms with Crippen LogP contribution < -0.4 is 16.0 Å². The van der Waals surface area contributed by atoms with Gasteiger partial charge in [0.25, 0.3) is 0 Å². The Morgan fingerprint density at radius 2 is 2.07 bits per heavy atom. The number of para-hydroxylation sites is 1. The van der Waals surface area contributed by atoms with E-state index in [0.29, 0.717) is 17.9 Å². The number of carbonyl (C=O) groups excluding carboxylic acids is 1. The van der Waals surface area contributed by atoms with Crippen molar-refractivity contribution in [3.8, 4) is 17.2 Å². The van der Waals surface area contributed by atoms with Gasteiger partial charge < -0.3 is 16.0 Å². The van der Waals surface area contributed by atoms with E-state index in [1.807, 2.05) is 38.4 Å². The number of nitrogens with one attached hydrogen (secondary N) is 1. The van der Waals surface area contributed by atoms with Gasteiger partial charge >= 0.3 is 0 Å². The van der Waals surface area contributed by atoms with Gasteiger partial charge in [-0.3, -0.25) is 4.79 Å². The summed E-state index contributed by atoms with van der Waals surface area (Å²) in [5.74, 6) is -0.0878. The standard InChI is InChI=1S/C22H21N5O/c1-27(2)20-6-4-3-5-16(20)13-7-14-10-21(25-12-18(14)19(24)9-13)26-22(28)17-8-15(17)11-23/h3-7,9-10,12,15,17H,8,24H2,1-2H3,(H,25,26,28). The molecule has 6 heteroatoms. The Labute approximate surface area is 163 Å². The quantitative estimate of drug-likeness (QED) is 0.683. The molecule has 2 unspecified atom stereocenters. The second-order valence-corrected chi connectivity index (χ2v) is 7.33. The fourth-order valence-electron chi connectivity index (χ4n) is 3.46. The topological polar surface area (TPSA) is 95.0 Å². The van der Waals surface area contributed by atoms with E-state index in [1.54, 1.807) is 6.20 Å². The highest BCUT2D eigenvalue weighted by molar-refractivity contribution is 6.00. The molecular formula is C22H21N5O. The van der Waals surface area contributed by atoms with E-state index in [9.17, 15) is 4.79 Å². The van der Waals surface area contributed by atoms with Gasteiger partial charge in [-0.15, -0.1) is 0 Å². The van der Waals surface area contributed by atoms with E-state index in [1.165, 1.54) is 0 Å². The van der Waals surface area contributed by atoms with Crippen LogP contribution in [-0.2, 0) is 4.79 Å². The van der Waals surface area contributed by atoms with E-state index in [4.69, 9.17) is 11.0 Å². The maximum absolute atomic E-state index is 12.2. The summed E-state index contributed by atoms with van der Waals surface area (Å²) in [4.78, 5) is 18.6. The van der Waals surface area contributed by atoms with E-state index in [2.05, 4.69) is 39.5 Å². The summed E-state index contributed by atoms with van der Waals surface area (Å²) in [5, 5.41) is 13.5. The molecule has 1 aliphatic carbocycles. The van der Waals surface area contributed by atoms with Crippen LogP contribution in [0.5, 0.6) is 0 Å². The Morgan fingerprint density at radius 3 is 2.79 bits per heavy atom. The summed E-state index contributed by atoms with van der Waals surface area (Å²) in [6.45, 7) is 0. The van der Waals surface area contributed by atoms with Crippen molar-refractivity contribution in [3.63, 3.8) is 0 Å². The Hall–Kier alpha value is -3.59. The number of pyridine rings is 1. The number of rotatable bonds is 4. The lowest BCUT2D eigenvalue weighted by molar-refractivity contribution is -0.117. The van der Waals surface area contributed by atoms with Crippen LogP contribution in [0.2, 0.25) is 0 Å². The number of carbonyl (C=O) groups is 1. The second kappa shape index (κ2) is 6.86. The highest BCUT2D eigenvalue weighted by Crippen LogP contribution is 2.39. The zero-order chi connectivity index (χ0) is 19.8. The predicted molar refractivity (Wildman–Crippen MR) is 112 cm³/mol. The van der Waals surface area contributed by atoms with Crippen molar-refractivity contribution in [2.45, 2.75) is 6.42 Å². The highest BCUT2D eigenvalue weighted by atomic mass is 16.2. The first kappa shape index (κ1) is 17.8. The molecule has 2 aromatic carbocycles. The minimum absolute atomic E-state index is 0.152. The average Bonchev–Trinajstić information content (AvgIpc) is 3.47. The number of amides is 1. The van der Waals surface area contributed by atoms with E-state index in [0.717, 1.165) is 27.6 Å². The minimum atomic E-state index is -0.231. The number of nitrogen functional groups attached to an aromatic ring is 1. The van der Waals surface area contributed by atoms with Crippen molar-refractivity contribution in [2.24, 2.45) is 11.8 Å². The average molecular weight is 371 g/mol. The summed E-state index contributed by atoms with van der Waals surface area (Å²) in [5.41, 5.74) is 10.1. The molecule has 0 aliphatic heterocycles. The van der Waals surface area contributed by atoms with E-state index in [-0.39, 0.29) is 17.7 Å². The Balaban J connectivity index is 1.71. The van der Waals surface area contributed by atoms with Crippen LogP contribution in [0.1, 0.15) is 6.42 Å². The van der Waals surface area contributed by atoms with Gasteiger partial charge in [0.1, 0.15) is 5.82 Å². The van der Waals surface area contributed by atoms with Gasteiger partial charge in [-0.1, -0.05) is 18.2 Å². The minimum Gasteiger partial charge on any atom is -0.398 e.